The first-order valence-corrected chi connectivity index (χ1v) is 8.34. The van der Waals surface area contributed by atoms with E-state index in [4.69, 9.17) is 0 Å². The van der Waals surface area contributed by atoms with E-state index in [1.165, 1.54) is 15.1 Å². The summed E-state index contributed by atoms with van der Waals surface area (Å²) in [4.78, 5) is 29.7. The zero-order chi connectivity index (χ0) is 19.1. The number of carbonyl (C=O) groups excluding carboxylic acids is 1. The van der Waals surface area contributed by atoms with Gasteiger partial charge in [0, 0.05) is 11.9 Å². The van der Waals surface area contributed by atoms with Crippen LogP contribution in [0.3, 0.4) is 0 Å². The van der Waals surface area contributed by atoms with Crippen LogP contribution < -0.4 is 10.9 Å². The number of nitrogens with one attached hydrogen (secondary N) is 1. The fraction of sp³-hybridized carbons (Fsp3) is 0.158. The lowest BCUT2D eigenvalue weighted by Crippen LogP contribution is -2.29. The fourth-order valence-corrected chi connectivity index (χ4v) is 3.00. The second-order valence-corrected chi connectivity index (χ2v) is 6.33. The Hall–Kier alpha value is -3.55. The highest BCUT2D eigenvalue weighted by atomic mass is 19.1. The standard InChI is InChI=1S/C19H16FN5O2/c1-11-5-6-13(9-14(11)20)22-17(26)10-24-15-4-3-7-21-18(15)25-16(19(24)27)8-12(2)23-25/h3-9H,10H2,1-2H3,(H,22,26). The van der Waals surface area contributed by atoms with Crippen molar-refractivity contribution in [1.82, 2.24) is 19.2 Å². The van der Waals surface area contributed by atoms with Crippen molar-refractivity contribution >= 4 is 28.3 Å². The molecule has 136 valence electrons. The van der Waals surface area contributed by atoms with Crippen molar-refractivity contribution in [2.45, 2.75) is 20.4 Å². The third-order valence-corrected chi connectivity index (χ3v) is 4.31. The first kappa shape index (κ1) is 16.9. The predicted octanol–water partition coefficient (Wildman–Crippen LogP) is 2.44. The second-order valence-electron chi connectivity index (χ2n) is 6.33. The molecular weight excluding hydrogens is 349 g/mol. The van der Waals surface area contributed by atoms with Crippen LogP contribution in [0.4, 0.5) is 10.1 Å². The van der Waals surface area contributed by atoms with E-state index < -0.39 is 11.7 Å². The smallest absolute Gasteiger partial charge is 0.277 e. The van der Waals surface area contributed by atoms with Gasteiger partial charge in [0.05, 0.1) is 11.2 Å². The number of nitrogens with zero attached hydrogens (tertiary/aromatic N) is 4. The van der Waals surface area contributed by atoms with Gasteiger partial charge in [0.15, 0.2) is 5.65 Å². The molecule has 0 saturated heterocycles. The summed E-state index contributed by atoms with van der Waals surface area (Å²) in [5, 5.41) is 6.93. The number of hydrogen-bond donors (Lipinski definition) is 1. The summed E-state index contributed by atoms with van der Waals surface area (Å²) in [5.41, 5.74) is 2.46. The van der Waals surface area contributed by atoms with Gasteiger partial charge in [0.2, 0.25) is 5.91 Å². The summed E-state index contributed by atoms with van der Waals surface area (Å²) in [5.74, 6) is -0.845. The Morgan fingerprint density at radius 2 is 2.00 bits per heavy atom. The van der Waals surface area contributed by atoms with Crippen LogP contribution >= 0.6 is 0 Å². The molecule has 7 nitrogen and oxygen atoms in total. The normalized spacial score (nSPS) is 11.2. The van der Waals surface area contributed by atoms with Crippen molar-refractivity contribution in [3.05, 3.63) is 70.0 Å². The Morgan fingerprint density at radius 1 is 1.19 bits per heavy atom. The van der Waals surface area contributed by atoms with Crippen molar-refractivity contribution in [3.63, 3.8) is 0 Å². The van der Waals surface area contributed by atoms with Gasteiger partial charge in [-0.3, -0.25) is 14.2 Å². The summed E-state index contributed by atoms with van der Waals surface area (Å²) < 4.78 is 16.5. The van der Waals surface area contributed by atoms with Gasteiger partial charge >= 0.3 is 0 Å². The molecule has 0 aliphatic heterocycles. The molecule has 0 saturated carbocycles. The molecule has 3 heterocycles. The number of aromatic nitrogens is 4. The number of halogens is 1. The van der Waals surface area contributed by atoms with Crippen LogP contribution in [0.2, 0.25) is 0 Å². The van der Waals surface area contributed by atoms with Gasteiger partial charge in [0.1, 0.15) is 17.9 Å². The summed E-state index contributed by atoms with van der Waals surface area (Å²) >= 11 is 0. The summed E-state index contributed by atoms with van der Waals surface area (Å²) in [6.45, 7) is 3.20. The molecule has 4 rings (SSSR count). The zero-order valence-electron chi connectivity index (χ0n) is 14.7. The third kappa shape index (κ3) is 2.95. The number of hydrogen-bond acceptors (Lipinski definition) is 4. The molecule has 1 amide bonds. The molecule has 0 radical (unpaired) electrons. The Labute approximate surface area is 153 Å². The van der Waals surface area contributed by atoms with Crippen LogP contribution in [0.25, 0.3) is 16.7 Å². The molecular formula is C19H16FN5O2. The minimum Gasteiger partial charge on any atom is -0.324 e. The van der Waals surface area contributed by atoms with Crippen LogP contribution in [0.5, 0.6) is 0 Å². The molecule has 4 aromatic rings. The van der Waals surface area contributed by atoms with Crippen LogP contribution in [0, 0.1) is 19.7 Å². The van der Waals surface area contributed by atoms with E-state index in [0.717, 1.165) is 0 Å². The Morgan fingerprint density at radius 3 is 2.78 bits per heavy atom. The molecule has 0 spiro atoms. The minimum atomic E-state index is -0.439. The number of fused-ring (bicyclic) bond motifs is 3. The molecule has 1 aromatic carbocycles. The van der Waals surface area contributed by atoms with E-state index in [2.05, 4.69) is 15.4 Å². The zero-order valence-corrected chi connectivity index (χ0v) is 14.7. The predicted molar refractivity (Wildman–Crippen MR) is 99.3 cm³/mol. The first-order valence-electron chi connectivity index (χ1n) is 8.34. The number of anilines is 1. The van der Waals surface area contributed by atoms with Gasteiger partial charge in [-0.2, -0.15) is 5.10 Å². The van der Waals surface area contributed by atoms with Crippen LogP contribution in [0.15, 0.2) is 47.4 Å². The number of aryl methyl sites for hydroxylation is 2. The second kappa shape index (κ2) is 6.31. The lowest BCUT2D eigenvalue weighted by atomic mass is 10.2. The molecule has 27 heavy (non-hydrogen) atoms. The molecule has 0 aliphatic carbocycles. The van der Waals surface area contributed by atoms with Gasteiger partial charge in [-0.05, 0) is 49.7 Å². The molecule has 0 fully saturated rings. The Bertz CT molecular complexity index is 1260. The maximum Gasteiger partial charge on any atom is 0.277 e. The monoisotopic (exact) mass is 365 g/mol. The van der Waals surface area contributed by atoms with E-state index in [1.54, 1.807) is 50.4 Å². The van der Waals surface area contributed by atoms with Crippen molar-refractivity contribution in [1.29, 1.82) is 0 Å². The number of benzene rings is 1. The topological polar surface area (TPSA) is 81.3 Å². The molecule has 1 N–H and O–H groups in total. The molecule has 8 heteroatoms. The largest absolute Gasteiger partial charge is 0.324 e. The highest BCUT2D eigenvalue weighted by Gasteiger charge is 2.16. The number of carbonyl (C=O) groups is 1. The summed E-state index contributed by atoms with van der Waals surface area (Å²) in [6.07, 6.45) is 1.60. The van der Waals surface area contributed by atoms with Gasteiger partial charge in [-0.25, -0.2) is 13.9 Å². The molecule has 0 aliphatic rings. The van der Waals surface area contributed by atoms with Gasteiger partial charge in [-0.1, -0.05) is 6.07 Å². The van der Waals surface area contributed by atoms with Crippen LogP contribution in [-0.4, -0.2) is 25.1 Å². The average Bonchev–Trinajstić information content (AvgIpc) is 3.04. The van der Waals surface area contributed by atoms with Gasteiger partial charge in [0.25, 0.3) is 5.56 Å². The molecule has 3 aromatic heterocycles. The van der Waals surface area contributed by atoms with Crippen molar-refractivity contribution in [2.75, 3.05) is 5.32 Å². The lowest BCUT2D eigenvalue weighted by molar-refractivity contribution is -0.116. The number of amides is 1. The van der Waals surface area contributed by atoms with Crippen molar-refractivity contribution in [3.8, 4) is 0 Å². The molecule has 0 bridgehead atoms. The quantitative estimate of drug-likeness (QED) is 0.605. The Balaban J connectivity index is 1.76. The van der Waals surface area contributed by atoms with E-state index in [9.17, 15) is 14.0 Å². The van der Waals surface area contributed by atoms with Crippen molar-refractivity contribution < 1.29 is 9.18 Å². The lowest BCUT2D eigenvalue weighted by Gasteiger charge is -2.11. The number of pyridine rings is 1. The SMILES string of the molecule is Cc1cc2c(=O)n(CC(=O)Nc3ccc(C)c(F)c3)c3cccnc3n2n1. The average molecular weight is 365 g/mol. The molecule has 0 unspecified atom stereocenters. The van der Waals surface area contributed by atoms with Crippen LogP contribution in [-0.2, 0) is 11.3 Å². The fourth-order valence-electron chi connectivity index (χ4n) is 3.00. The summed E-state index contributed by atoms with van der Waals surface area (Å²) in [6, 6.07) is 9.49. The van der Waals surface area contributed by atoms with E-state index >= 15 is 0 Å². The highest BCUT2D eigenvalue weighted by Crippen LogP contribution is 2.15. The van der Waals surface area contributed by atoms with Gasteiger partial charge in [-0.15, -0.1) is 0 Å². The third-order valence-electron chi connectivity index (χ3n) is 4.31. The minimum absolute atomic E-state index is 0.225. The van der Waals surface area contributed by atoms with Crippen LogP contribution in [0.1, 0.15) is 11.3 Å². The Kier molecular flexibility index (Phi) is 3.95. The first-order chi connectivity index (χ1) is 12.9. The van der Waals surface area contributed by atoms with E-state index in [1.807, 2.05) is 0 Å². The summed E-state index contributed by atoms with van der Waals surface area (Å²) in [7, 11) is 0. The highest BCUT2D eigenvalue weighted by molar-refractivity contribution is 5.91. The van der Waals surface area contributed by atoms with E-state index in [-0.39, 0.29) is 12.1 Å². The van der Waals surface area contributed by atoms with E-state index in [0.29, 0.717) is 33.6 Å². The van der Waals surface area contributed by atoms with Crippen molar-refractivity contribution in [2.24, 2.45) is 0 Å². The molecule has 0 atom stereocenters. The maximum absolute atomic E-state index is 13.7. The number of rotatable bonds is 3. The maximum atomic E-state index is 13.7. The van der Waals surface area contributed by atoms with Gasteiger partial charge < -0.3 is 5.32 Å².